The van der Waals surface area contributed by atoms with Crippen molar-refractivity contribution >= 4 is 5.78 Å². The number of aryl methyl sites for hydroxylation is 1. The van der Waals surface area contributed by atoms with Crippen LogP contribution in [-0.4, -0.2) is 31.1 Å². The molecule has 3 aromatic heterocycles. The molecular weight excluding hydrogens is 274 g/mol. The summed E-state index contributed by atoms with van der Waals surface area (Å²) in [6.07, 6.45) is 4.85. The van der Waals surface area contributed by atoms with Crippen molar-refractivity contribution in [2.45, 2.75) is 25.8 Å². The van der Waals surface area contributed by atoms with E-state index < -0.39 is 0 Å². The second kappa shape index (κ2) is 6.12. The molecule has 0 amide bonds. The molecule has 0 aromatic carbocycles. The number of aromatic nitrogens is 5. The van der Waals surface area contributed by atoms with E-state index in [0.717, 1.165) is 12.8 Å². The van der Waals surface area contributed by atoms with Gasteiger partial charge in [-0.3, -0.25) is 4.79 Å². The average molecular weight is 287 g/mol. The second-order valence-corrected chi connectivity index (χ2v) is 4.47. The van der Waals surface area contributed by atoms with Crippen LogP contribution in [0.25, 0.3) is 11.5 Å². The SMILES string of the molecule is O=C(CCCCn1ncnn1)c1cc(-c2ccco2)on1. The summed E-state index contributed by atoms with van der Waals surface area (Å²) in [7, 11) is 0. The van der Waals surface area contributed by atoms with Gasteiger partial charge in [-0.15, -0.1) is 10.2 Å². The first-order chi connectivity index (χ1) is 10.3. The summed E-state index contributed by atoms with van der Waals surface area (Å²) in [6.45, 7) is 0.643. The van der Waals surface area contributed by atoms with E-state index in [-0.39, 0.29) is 5.78 Å². The molecule has 0 N–H and O–H groups in total. The summed E-state index contributed by atoms with van der Waals surface area (Å²) in [5.41, 5.74) is 0.320. The molecule has 0 bridgehead atoms. The lowest BCUT2D eigenvalue weighted by molar-refractivity contribution is 0.0970. The topological polar surface area (TPSA) is 99.8 Å². The molecule has 0 saturated heterocycles. The minimum Gasteiger partial charge on any atom is -0.461 e. The van der Waals surface area contributed by atoms with Gasteiger partial charge in [0, 0.05) is 12.5 Å². The third-order valence-corrected chi connectivity index (χ3v) is 2.96. The van der Waals surface area contributed by atoms with Gasteiger partial charge >= 0.3 is 0 Å². The highest BCUT2D eigenvalue weighted by Gasteiger charge is 2.14. The molecule has 8 nitrogen and oxygen atoms in total. The first-order valence-electron chi connectivity index (χ1n) is 6.57. The number of carbonyl (C=O) groups excluding carboxylic acids is 1. The van der Waals surface area contributed by atoms with Crippen molar-refractivity contribution in [3.63, 3.8) is 0 Å². The zero-order valence-corrected chi connectivity index (χ0v) is 11.2. The fourth-order valence-electron chi connectivity index (χ4n) is 1.90. The summed E-state index contributed by atoms with van der Waals surface area (Å²) in [4.78, 5) is 13.5. The Kier molecular flexibility index (Phi) is 3.85. The van der Waals surface area contributed by atoms with E-state index in [0.29, 0.717) is 30.2 Å². The number of Topliss-reactive ketones (excluding diaryl/α,β-unsaturated/α-hetero) is 1. The van der Waals surface area contributed by atoms with Crippen molar-refractivity contribution in [1.82, 2.24) is 25.4 Å². The zero-order chi connectivity index (χ0) is 14.5. The van der Waals surface area contributed by atoms with Gasteiger partial charge in [0.1, 0.15) is 5.69 Å². The first kappa shape index (κ1) is 13.2. The van der Waals surface area contributed by atoms with Gasteiger partial charge in [0.05, 0.1) is 12.8 Å². The van der Waals surface area contributed by atoms with Gasteiger partial charge in [-0.25, -0.2) is 0 Å². The van der Waals surface area contributed by atoms with E-state index in [4.69, 9.17) is 8.94 Å². The Morgan fingerprint density at radius 1 is 1.29 bits per heavy atom. The molecule has 0 unspecified atom stereocenters. The molecule has 0 aliphatic heterocycles. The highest BCUT2D eigenvalue weighted by Crippen LogP contribution is 2.21. The van der Waals surface area contributed by atoms with Crippen LogP contribution >= 0.6 is 0 Å². The zero-order valence-electron chi connectivity index (χ0n) is 11.2. The van der Waals surface area contributed by atoms with E-state index in [9.17, 15) is 4.79 Å². The maximum Gasteiger partial charge on any atom is 0.202 e. The minimum absolute atomic E-state index is 0.0527. The van der Waals surface area contributed by atoms with Gasteiger partial charge in [-0.2, -0.15) is 4.80 Å². The number of tetrazole rings is 1. The maximum atomic E-state index is 12.0. The smallest absolute Gasteiger partial charge is 0.202 e. The van der Waals surface area contributed by atoms with Crippen molar-refractivity contribution in [3.05, 3.63) is 36.5 Å². The van der Waals surface area contributed by atoms with Crippen molar-refractivity contribution in [3.8, 4) is 11.5 Å². The molecule has 3 rings (SSSR count). The number of nitrogens with zero attached hydrogens (tertiary/aromatic N) is 5. The summed E-state index contributed by atoms with van der Waals surface area (Å²) < 4.78 is 10.3. The summed E-state index contributed by atoms with van der Waals surface area (Å²) in [5, 5.41) is 15.0. The Morgan fingerprint density at radius 3 is 3.00 bits per heavy atom. The van der Waals surface area contributed by atoms with Gasteiger partial charge < -0.3 is 8.94 Å². The fourth-order valence-corrected chi connectivity index (χ4v) is 1.90. The van der Waals surface area contributed by atoms with Gasteiger partial charge in [-0.1, -0.05) is 5.16 Å². The maximum absolute atomic E-state index is 12.0. The molecule has 0 radical (unpaired) electrons. The first-order valence-corrected chi connectivity index (χ1v) is 6.57. The standard InChI is InChI=1S/C13H13N5O3/c19-11(4-1-2-6-18-15-9-14-17-18)10-8-13(21-16-10)12-5-3-7-20-12/h3,5,7-9H,1-2,4,6H2. The normalized spacial score (nSPS) is 10.9. The summed E-state index contributed by atoms with van der Waals surface area (Å²) >= 11 is 0. The number of rotatable bonds is 7. The Hall–Kier alpha value is -2.77. The highest BCUT2D eigenvalue weighted by atomic mass is 16.5. The lowest BCUT2D eigenvalue weighted by atomic mass is 10.1. The van der Waals surface area contributed by atoms with Crippen LogP contribution in [0.5, 0.6) is 0 Å². The quantitative estimate of drug-likeness (QED) is 0.483. The van der Waals surface area contributed by atoms with Gasteiger partial charge in [0.15, 0.2) is 17.9 Å². The van der Waals surface area contributed by atoms with Crippen molar-refractivity contribution < 1.29 is 13.7 Å². The number of ketones is 1. The van der Waals surface area contributed by atoms with E-state index in [2.05, 4.69) is 20.6 Å². The van der Waals surface area contributed by atoms with Crippen LogP contribution in [0.4, 0.5) is 0 Å². The van der Waals surface area contributed by atoms with Gasteiger partial charge in [0.2, 0.25) is 5.76 Å². The molecule has 3 aromatic rings. The molecule has 0 aliphatic rings. The largest absolute Gasteiger partial charge is 0.461 e. The number of carbonyl (C=O) groups is 1. The molecule has 8 heteroatoms. The lowest BCUT2D eigenvalue weighted by Gasteiger charge is -1.98. The molecule has 21 heavy (non-hydrogen) atoms. The third-order valence-electron chi connectivity index (χ3n) is 2.96. The molecule has 0 fully saturated rings. The fraction of sp³-hybridized carbons (Fsp3) is 0.308. The number of furan rings is 1. The van der Waals surface area contributed by atoms with Crippen LogP contribution in [-0.2, 0) is 6.54 Å². The van der Waals surface area contributed by atoms with Crippen LogP contribution in [0.3, 0.4) is 0 Å². The predicted molar refractivity (Wildman–Crippen MR) is 70.2 cm³/mol. The minimum atomic E-state index is -0.0527. The van der Waals surface area contributed by atoms with Crippen molar-refractivity contribution in [2.75, 3.05) is 0 Å². The van der Waals surface area contributed by atoms with Crippen molar-refractivity contribution in [2.24, 2.45) is 0 Å². The lowest BCUT2D eigenvalue weighted by Crippen LogP contribution is -2.04. The average Bonchev–Trinajstić information content (AvgIpc) is 3.25. The van der Waals surface area contributed by atoms with E-state index in [1.165, 1.54) is 17.4 Å². The van der Waals surface area contributed by atoms with Crippen LogP contribution in [0.15, 0.2) is 39.7 Å². The van der Waals surface area contributed by atoms with Crippen LogP contribution in [0, 0.1) is 0 Å². The van der Waals surface area contributed by atoms with E-state index in [1.54, 1.807) is 18.2 Å². The Bertz CT molecular complexity index is 687. The Balaban J connectivity index is 1.49. The molecule has 108 valence electrons. The number of hydrogen-bond acceptors (Lipinski definition) is 7. The van der Waals surface area contributed by atoms with E-state index in [1.807, 2.05) is 0 Å². The molecule has 0 saturated carbocycles. The molecule has 3 heterocycles. The predicted octanol–water partition coefficient (Wildman–Crippen LogP) is 1.97. The summed E-state index contributed by atoms with van der Waals surface area (Å²) in [5.74, 6) is 0.956. The van der Waals surface area contributed by atoms with Crippen LogP contribution in [0.1, 0.15) is 29.8 Å². The van der Waals surface area contributed by atoms with E-state index >= 15 is 0 Å². The third kappa shape index (κ3) is 3.22. The van der Waals surface area contributed by atoms with Gasteiger partial charge in [-0.05, 0) is 30.2 Å². The number of unbranched alkanes of at least 4 members (excludes halogenated alkanes) is 1. The molecular formula is C13H13N5O3. The molecule has 0 atom stereocenters. The Morgan fingerprint density at radius 2 is 2.24 bits per heavy atom. The van der Waals surface area contributed by atoms with Crippen LogP contribution < -0.4 is 0 Å². The van der Waals surface area contributed by atoms with Gasteiger partial charge in [0.25, 0.3) is 0 Å². The van der Waals surface area contributed by atoms with Crippen molar-refractivity contribution in [1.29, 1.82) is 0 Å². The van der Waals surface area contributed by atoms with Crippen LogP contribution in [0.2, 0.25) is 0 Å². The molecule has 0 spiro atoms. The molecule has 0 aliphatic carbocycles. The number of hydrogen-bond donors (Lipinski definition) is 0. The second-order valence-electron chi connectivity index (χ2n) is 4.47. The Labute approximate surface area is 119 Å². The summed E-state index contributed by atoms with van der Waals surface area (Å²) in [6, 6.07) is 5.09. The monoisotopic (exact) mass is 287 g/mol. The highest BCUT2D eigenvalue weighted by molar-refractivity contribution is 5.94.